The Bertz CT molecular complexity index is 1180. The van der Waals surface area contributed by atoms with E-state index < -0.39 is 10.5 Å². The molecule has 0 saturated carbocycles. The van der Waals surface area contributed by atoms with Crippen LogP contribution in [0.1, 0.15) is 0 Å². The van der Waals surface area contributed by atoms with Gasteiger partial charge in [-0.2, -0.15) is 0 Å². The Morgan fingerprint density at radius 3 is 2.75 bits per heavy atom. The Morgan fingerprint density at radius 1 is 1.21 bits per heavy atom. The maximum Gasteiger partial charge on any atom is 0.346 e. The van der Waals surface area contributed by atoms with Crippen LogP contribution >= 0.6 is 0 Å². The molecule has 0 atom stereocenters. The van der Waals surface area contributed by atoms with Crippen LogP contribution in [-0.4, -0.2) is 14.3 Å². The van der Waals surface area contributed by atoms with Crippen molar-refractivity contribution in [2.24, 2.45) is 0 Å². The first-order valence-electron chi connectivity index (χ1n) is 7.00. The summed E-state index contributed by atoms with van der Waals surface area (Å²) in [5.41, 5.74) is 6.05. The normalized spacial score (nSPS) is 11.2. The standard InChI is InChI=1S/C16H10N4O4/c17-13-5-2-6-14-18-11(8-19(13)14)10-7-9-3-1-4-12(20(22)23)15(9)24-16(10)21/h1-8H,17H2. The van der Waals surface area contributed by atoms with Crippen molar-refractivity contribution in [1.82, 2.24) is 9.38 Å². The van der Waals surface area contributed by atoms with E-state index in [1.165, 1.54) is 18.2 Å². The molecule has 3 heterocycles. The molecule has 0 aliphatic rings. The van der Waals surface area contributed by atoms with Gasteiger partial charge in [0.05, 0.1) is 16.2 Å². The van der Waals surface area contributed by atoms with E-state index in [9.17, 15) is 14.9 Å². The van der Waals surface area contributed by atoms with Gasteiger partial charge in [0.25, 0.3) is 0 Å². The summed E-state index contributed by atoms with van der Waals surface area (Å²) >= 11 is 0. The van der Waals surface area contributed by atoms with Crippen molar-refractivity contribution in [2.45, 2.75) is 0 Å². The van der Waals surface area contributed by atoms with Gasteiger partial charge < -0.3 is 10.2 Å². The predicted octanol–water partition coefficient (Wildman–Crippen LogP) is 2.60. The Hall–Kier alpha value is -3.68. The molecular formula is C16H10N4O4. The van der Waals surface area contributed by atoms with Gasteiger partial charge in [-0.15, -0.1) is 0 Å². The van der Waals surface area contributed by atoms with Crippen molar-refractivity contribution in [1.29, 1.82) is 0 Å². The van der Waals surface area contributed by atoms with Crippen molar-refractivity contribution in [3.8, 4) is 11.3 Å². The third-order valence-electron chi connectivity index (χ3n) is 3.74. The first-order chi connectivity index (χ1) is 11.5. The van der Waals surface area contributed by atoms with Crippen molar-refractivity contribution < 1.29 is 9.34 Å². The van der Waals surface area contributed by atoms with E-state index in [4.69, 9.17) is 10.2 Å². The average Bonchev–Trinajstić information content (AvgIpc) is 2.99. The number of non-ortho nitro benzene ring substituents is 1. The lowest BCUT2D eigenvalue weighted by atomic mass is 10.1. The number of nitro benzene ring substituents is 1. The first-order valence-corrected chi connectivity index (χ1v) is 7.00. The smallest absolute Gasteiger partial charge is 0.346 e. The summed E-state index contributed by atoms with van der Waals surface area (Å²) in [4.78, 5) is 27.1. The quantitative estimate of drug-likeness (QED) is 0.344. The summed E-state index contributed by atoms with van der Waals surface area (Å²) in [6.07, 6.45) is 1.63. The number of hydrogen-bond acceptors (Lipinski definition) is 6. The number of nitro groups is 1. The molecule has 0 aliphatic carbocycles. The number of nitrogens with zero attached hydrogens (tertiary/aromatic N) is 3. The fourth-order valence-electron chi connectivity index (χ4n) is 2.61. The topological polar surface area (TPSA) is 117 Å². The van der Waals surface area contributed by atoms with Crippen LogP contribution in [0.15, 0.2) is 57.9 Å². The van der Waals surface area contributed by atoms with Gasteiger partial charge in [0.2, 0.25) is 5.58 Å². The summed E-state index contributed by atoms with van der Waals surface area (Å²) in [5, 5.41) is 11.5. The molecule has 0 fully saturated rings. The number of pyridine rings is 1. The van der Waals surface area contributed by atoms with Gasteiger partial charge >= 0.3 is 11.3 Å². The number of imidazole rings is 1. The van der Waals surface area contributed by atoms with Gasteiger partial charge in [-0.25, -0.2) is 9.78 Å². The van der Waals surface area contributed by atoms with E-state index in [1.54, 1.807) is 34.9 Å². The lowest BCUT2D eigenvalue weighted by molar-refractivity contribution is -0.383. The molecule has 4 rings (SSSR count). The zero-order chi connectivity index (χ0) is 16.8. The van der Waals surface area contributed by atoms with E-state index in [-0.39, 0.29) is 16.8 Å². The number of anilines is 1. The van der Waals surface area contributed by atoms with E-state index in [1.807, 2.05) is 0 Å². The van der Waals surface area contributed by atoms with Gasteiger partial charge in [-0.05, 0) is 18.2 Å². The molecule has 8 nitrogen and oxygen atoms in total. The molecule has 0 spiro atoms. The number of nitrogens with two attached hydrogens (primary N) is 1. The zero-order valence-corrected chi connectivity index (χ0v) is 12.2. The summed E-state index contributed by atoms with van der Waals surface area (Å²) < 4.78 is 6.83. The molecular weight excluding hydrogens is 312 g/mol. The highest BCUT2D eigenvalue weighted by Gasteiger charge is 2.18. The Morgan fingerprint density at radius 2 is 2.00 bits per heavy atom. The van der Waals surface area contributed by atoms with Crippen molar-refractivity contribution >= 4 is 28.1 Å². The third kappa shape index (κ3) is 2.01. The molecule has 0 saturated heterocycles. The Kier molecular flexibility index (Phi) is 2.86. The molecule has 8 heteroatoms. The monoisotopic (exact) mass is 322 g/mol. The van der Waals surface area contributed by atoms with Gasteiger partial charge in [-0.3, -0.25) is 14.5 Å². The zero-order valence-electron chi connectivity index (χ0n) is 12.2. The van der Waals surface area contributed by atoms with Crippen LogP contribution < -0.4 is 11.4 Å². The minimum Gasteiger partial charge on any atom is -0.415 e. The number of nitrogen functional groups attached to an aromatic ring is 1. The van der Waals surface area contributed by atoms with E-state index in [0.717, 1.165) is 0 Å². The molecule has 3 aromatic heterocycles. The molecule has 0 bridgehead atoms. The van der Waals surface area contributed by atoms with E-state index >= 15 is 0 Å². The highest BCUT2D eigenvalue weighted by molar-refractivity contribution is 5.87. The molecule has 4 aromatic rings. The first kappa shape index (κ1) is 13.9. The van der Waals surface area contributed by atoms with Gasteiger partial charge in [0.1, 0.15) is 11.5 Å². The highest BCUT2D eigenvalue weighted by atomic mass is 16.6. The number of aromatic nitrogens is 2. The molecule has 2 N–H and O–H groups in total. The lowest BCUT2D eigenvalue weighted by Crippen LogP contribution is -2.04. The fourth-order valence-corrected chi connectivity index (χ4v) is 2.61. The molecule has 0 amide bonds. The Balaban J connectivity index is 1.99. The van der Waals surface area contributed by atoms with Crippen LogP contribution in [0.25, 0.3) is 27.9 Å². The van der Waals surface area contributed by atoms with Crippen LogP contribution in [0, 0.1) is 10.1 Å². The predicted molar refractivity (Wildman–Crippen MR) is 87.7 cm³/mol. The van der Waals surface area contributed by atoms with Crippen molar-refractivity contribution in [3.63, 3.8) is 0 Å². The van der Waals surface area contributed by atoms with Gasteiger partial charge in [0.15, 0.2) is 0 Å². The summed E-state index contributed by atoms with van der Waals surface area (Å²) in [7, 11) is 0. The second-order valence-corrected chi connectivity index (χ2v) is 5.21. The van der Waals surface area contributed by atoms with Gasteiger partial charge in [-0.1, -0.05) is 18.2 Å². The van der Waals surface area contributed by atoms with E-state index in [2.05, 4.69) is 4.98 Å². The average molecular weight is 322 g/mol. The molecule has 0 radical (unpaired) electrons. The maximum atomic E-state index is 12.3. The van der Waals surface area contributed by atoms with Crippen LogP contribution in [-0.2, 0) is 0 Å². The van der Waals surface area contributed by atoms with Crippen LogP contribution in [0.4, 0.5) is 11.5 Å². The van der Waals surface area contributed by atoms with Crippen LogP contribution in [0.3, 0.4) is 0 Å². The maximum absolute atomic E-state index is 12.3. The van der Waals surface area contributed by atoms with Crippen molar-refractivity contribution in [2.75, 3.05) is 5.73 Å². The van der Waals surface area contributed by atoms with E-state index in [0.29, 0.717) is 22.5 Å². The fraction of sp³-hybridized carbons (Fsp3) is 0. The summed E-state index contributed by atoms with van der Waals surface area (Å²) in [6, 6.07) is 11.2. The third-order valence-corrected chi connectivity index (χ3v) is 3.74. The van der Waals surface area contributed by atoms with Crippen LogP contribution in [0.5, 0.6) is 0 Å². The minimum absolute atomic E-state index is 0.0560. The minimum atomic E-state index is -0.696. The van der Waals surface area contributed by atoms with Gasteiger partial charge in [0, 0.05) is 17.6 Å². The van der Waals surface area contributed by atoms with Crippen LogP contribution in [0.2, 0.25) is 0 Å². The lowest BCUT2D eigenvalue weighted by Gasteiger charge is -2.00. The largest absolute Gasteiger partial charge is 0.415 e. The summed E-state index contributed by atoms with van der Waals surface area (Å²) in [5.74, 6) is 0.479. The Labute approximate surface area is 133 Å². The SMILES string of the molecule is Nc1cccc2nc(-c3cc4cccc([N+](=O)[O-])c4oc3=O)cn12. The number of hydrogen-bond donors (Lipinski definition) is 1. The molecule has 0 aliphatic heterocycles. The van der Waals surface area contributed by atoms with Crippen molar-refractivity contribution in [3.05, 3.63) is 69.2 Å². The second kappa shape index (κ2) is 4.92. The number of rotatable bonds is 2. The second-order valence-electron chi connectivity index (χ2n) is 5.21. The summed E-state index contributed by atoms with van der Waals surface area (Å²) in [6.45, 7) is 0. The number of fused-ring (bicyclic) bond motifs is 2. The molecule has 118 valence electrons. The highest BCUT2D eigenvalue weighted by Crippen LogP contribution is 2.27. The number of benzene rings is 1. The number of para-hydroxylation sites is 1. The molecule has 1 aromatic carbocycles. The molecule has 24 heavy (non-hydrogen) atoms. The molecule has 0 unspecified atom stereocenters.